The van der Waals surface area contributed by atoms with E-state index in [4.69, 9.17) is 4.74 Å². The van der Waals surface area contributed by atoms with Gasteiger partial charge in [-0.15, -0.1) is 0 Å². The first-order chi connectivity index (χ1) is 7.51. The van der Waals surface area contributed by atoms with Crippen molar-refractivity contribution in [1.29, 1.82) is 0 Å². The molecule has 0 fully saturated rings. The van der Waals surface area contributed by atoms with Gasteiger partial charge in [-0.3, -0.25) is 4.55 Å². The van der Waals surface area contributed by atoms with Crippen molar-refractivity contribution >= 4 is 10.1 Å². The van der Waals surface area contributed by atoms with E-state index >= 15 is 0 Å². The minimum absolute atomic E-state index is 0.291. The number of hydrogen-bond acceptors (Lipinski definition) is 3. The predicted octanol–water partition coefficient (Wildman–Crippen LogP) is 1.71. The molecule has 1 N–H and O–H groups in total. The smallest absolute Gasteiger partial charge is 0.299 e. The predicted molar refractivity (Wildman–Crippen MR) is 59.6 cm³/mol. The highest BCUT2D eigenvalue weighted by Gasteiger charge is 2.47. The van der Waals surface area contributed by atoms with Gasteiger partial charge in [0, 0.05) is 12.7 Å². The van der Waals surface area contributed by atoms with E-state index < -0.39 is 15.1 Å². The summed E-state index contributed by atoms with van der Waals surface area (Å²) in [5, 5.41) is 0. The second kappa shape index (κ2) is 3.84. The molecule has 1 aromatic carbocycles. The van der Waals surface area contributed by atoms with Gasteiger partial charge in [0.25, 0.3) is 10.1 Å². The summed E-state index contributed by atoms with van der Waals surface area (Å²) in [6.45, 7) is 0. The lowest BCUT2D eigenvalue weighted by Gasteiger charge is -2.34. The van der Waals surface area contributed by atoms with Crippen LogP contribution in [0.25, 0.3) is 0 Å². The molecule has 1 aromatic rings. The van der Waals surface area contributed by atoms with E-state index in [1.807, 2.05) is 12.1 Å². The highest BCUT2D eigenvalue weighted by molar-refractivity contribution is 7.86. The highest BCUT2D eigenvalue weighted by Crippen LogP contribution is 2.41. The summed E-state index contributed by atoms with van der Waals surface area (Å²) < 4.78 is 37.6. The zero-order chi connectivity index (χ0) is 11.8. The monoisotopic (exact) mass is 242 g/mol. The van der Waals surface area contributed by atoms with Gasteiger partial charge in [-0.2, -0.15) is 8.42 Å². The van der Waals surface area contributed by atoms with Gasteiger partial charge in [0.15, 0.2) is 0 Å². The number of hydrogen-bond donors (Lipinski definition) is 1. The van der Waals surface area contributed by atoms with Gasteiger partial charge in [-0.05, 0) is 24.8 Å². The lowest BCUT2D eigenvalue weighted by atomic mass is 9.89. The Balaban J connectivity index is 2.68. The molecular weight excluding hydrogens is 228 g/mol. The van der Waals surface area contributed by atoms with Crippen molar-refractivity contribution in [2.24, 2.45) is 0 Å². The molecule has 2 rings (SSSR count). The Hall–Kier alpha value is -0.910. The van der Waals surface area contributed by atoms with Crippen LogP contribution in [0.3, 0.4) is 0 Å². The Morgan fingerprint density at radius 3 is 2.69 bits per heavy atom. The molecule has 1 atom stereocenters. The van der Waals surface area contributed by atoms with Crippen LogP contribution in [0.4, 0.5) is 0 Å². The van der Waals surface area contributed by atoms with Crippen LogP contribution in [0.1, 0.15) is 24.0 Å². The standard InChI is InChI=1S/C11H14O4S/c1-15-11(16(12,13)14)8-4-6-9-5-2-3-7-10(9)11/h2-3,5,7H,4,6,8H2,1H3,(H,12,13,14). The molecule has 0 amide bonds. The number of methoxy groups -OCH3 is 1. The number of aryl methyl sites for hydroxylation is 1. The third kappa shape index (κ3) is 1.55. The van der Waals surface area contributed by atoms with Gasteiger partial charge in [-0.25, -0.2) is 0 Å². The van der Waals surface area contributed by atoms with Crippen LogP contribution in [0.15, 0.2) is 24.3 Å². The maximum atomic E-state index is 11.5. The van der Waals surface area contributed by atoms with Crippen LogP contribution in [0.2, 0.25) is 0 Å². The zero-order valence-corrected chi connectivity index (χ0v) is 9.83. The molecule has 4 nitrogen and oxygen atoms in total. The molecule has 0 heterocycles. The Morgan fingerprint density at radius 1 is 1.38 bits per heavy atom. The quantitative estimate of drug-likeness (QED) is 0.802. The van der Waals surface area contributed by atoms with Crippen molar-refractivity contribution in [2.45, 2.75) is 24.2 Å². The van der Waals surface area contributed by atoms with Crippen LogP contribution in [0.5, 0.6) is 0 Å². The van der Waals surface area contributed by atoms with Crippen molar-refractivity contribution in [3.63, 3.8) is 0 Å². The van der Waals surface area contributed by atoms with Crippen molar-refractivity contribution in [3.05, 3.63) is 35.4 Å². The van der Waals surface area contributed by atoms with Gasteiger partial charge in [0.05, 0.1) is 0 Å². The van der Waals surface area contributed by atoms with Gasteiger partial charge < -0.3 is 4.74 Å². The fourth-order valence-electron chi connectivity index (χ4n) is 2.34. The SMILES string of the molecule is COC1(S(=O)(=O)O)CCCc2ccccc21. The van der Waals surface area contributed by atoms with Crippen LogP contribution in [-0.4, -0.2) is 20.1 Å². The molecule has 0 saturated carbocycles. The fourth-order valence-corrected chi connectivity index (χ4v) is 3.43. The number of benzene rings is 1. The Morgan fingerprint density at radius 2 is 2.06 bits per heavy atom. The summed E-state index contributed by atoms with van der Waals surface area (Å²) in [6.07, 6.45) is 1.79. The first kappa shape index (κ1) is 11.6. The fraction of sp³-hybridized carbons (Fsp3) is 0.455. The largest absolute Gasteiger partial charge is 0.356 e. The molecule has 88 valence electrons. The minimum atomic E-state index is -4.27. The first-order valence-electron chi connectivity index (χ1n) is 5.12. The minimum Gasteiger partial charge on any atom is -0.356 e. The second-order valence-electron chi connectivity index (χ2n) is 3.94. The molecular formula is C11H14O4S. The topological polar surface area (TPSA) is 63.6 Å². The summed E-state index contributed by atoms with van der Waals surface area (Å²) in [6, 6.07) is 7.18. The molecule has 0 radical (unpaired) electrons. The lowest BCUT2D eigenvalue weighted by Crippen LogP contribution is -2.40. The summed E-state index contributed by atoms with van der Waals surface area (Å²) in [7, 11) is -2.96. The molecule has 1 aliphatic rings. The van der Waals surface area contributed by atoms with Crippen molar-refractivity contribution in [1.82, 2.24) is 0 Å². The Kier molecular flexibility index (Phi) is 2.77. The molecule has 16 heavy (non-hydrogen) atoms. The van der Waals surface area contributed by atoms with Crippen molar-refractivity contribution in [3.8, 4) is 0 Å². The van der Waals surface area contributed by atoms with Gasteiger partial charge in [0.2, 0.25) is 4.93 Å². The molecule has 0 aromatic heterocycles. The average molecular weight is 242 g/mol. The van der Waals surface area contributed by atoms with E-state index in [1.54, 1.807) is 12.1 Å². The number of ether oxygens (including phenoxy) is 1. The molecule has 0 saturated heterocycles. The first-order valence-corrected chi connectivity index (χ1v) is 6.56. The van der Waals surface area contributed by atoms with Crippen molar-refractivity contribution in [2.75, 3.05) is 7.11 Å². The molecule has 0 spiro atoms. The lowest BCUT2D eigenvalue weighted by molar-refractivity contribution is 0.0365. The van der Waals surface area contributed by atoms with Gasteiger partial charge >= 0.3 is 0 Å². The van der Waals surface area contributed by atoms with E-state index in [-0.39, 0.29) is 0 Å². The molecule has 5 heteroatoms. The maximum absolute atomic E-state index is 11.5. The molecule has 0 bridgehead atoms. The van der Waals surface area contributed by atoms with E-state index in [0.29, 0.717) is 18.4 Å². The summed E-state index contributed by atoms with van der Waals surface area (Å²) in [4.78, 5) is -1.58. The summed E-state index contributed by atoms with van der Waals surface area (Å²) in [5.74, 6) is 0. The molecule has 1 unspecified atom stereocenters. The summed E-state index contributed by atoms with van der Waals surface area (Å²) in [5.41, 5.74) is 1.49. The highest BCUT2D eigenvalue weighted by atomic mass is 32.2. The van der Waals surface area contributed by atoms with E-state index in [2.05, 4.69) is 0 Å². The van der Waals surface area contributed by atoms with Crippen LogP contribution >= 0.6 is 0 Å². The zero-order valence-electron chi connectivity index (χ0n) is 9.01. The van der Waals surface area contributed by atoms with Crippen LogP contribution in [0, 0.1) is 0 Å². The van der Waals surface area contributed by atoms with E-state index in [1.165, 1.54) is 7.11 Å². The third-order valence-electron chi connectivity index (χ3n) is 3.13. The van der Waals surface area contributed by atoms with E-state index in [0.717, 1.165) is 12.0 Å². The van der Waals surface area contributed by atoms with Gasteiger partial charge in [0.1, 0.15) is 0 Å². The average Bonchev–Trinajstić information content (AvgIpc) is 2.26. The number of rotatable bonds is 2. The maximum Gasteiger partial charge on any atom is 0.299 e. The normalized spacial score (nSPS) is 25.1. The molecule has 0 aliphatic heterocycles. The number of fused-ring (bicyclic) bond motifs is 1. The van der Waals surface area contributed by atoms with Crippen LogP contribution < -0.4 is 0 Å². The van der Waals surface area contributed by atoms with Gasteiger partial charge in [-0.1, -0.05) is 24.3 Å². The Bertz CT molecular complexity index is 494. The second-order valence-corrected chi connectivity index (χ2v) is 5.55. The molecule has 1 aliphatic carbocycles. The summed E-state index contributed by atoms with van der Waals surface area (Å²) >= 11 is 0. The Labute approximate surface area is 95.0 Å². The van der Waals surface area contributed by atoms with E-state index in [9.17, 15) is 13.0 Å². The third-order valence-corrected chi connectivity index (χ3v) is 4.55. The van der Waals surface area contributed by atoms with Crippen molar-refractivity contribution < 1.29 is 17.7 Å². The van der Waals surface area contributed by atoms with Crippen LogP contribution in [-0.2, 0) is 26.2 Å².